The second-order valence-corrected chi connectivity index (χ2v) is 8.41. The summed E-state index contributed by atoms with van der Waals surface area (Å²) >= 11 is 0. The van der Waals surface area contributed by atoms with E-state index in [-0.39, 0.29) is 17.5 Å². The van der Waals surface area contributed by atoms with Gasteiger partial charge in [-0.05, 0) is 51.9 Å². The molecule has 0 radical (unpaired) electrons. The molecule has 3 amide bonds. The Labute approximate surface area is 146 Å². The lowest BCUT2D eigenvalue weighted by molar-refractivity contribution is -0.146. The zero-order chi connectivity index (χ0) is 17.2. The average molecular weight is 335 g/mol. The zero-order valence-electron chi connectivity index (χ0n) is 15.4. The van der Waals surface area contributed by atoms with Crippen molar-refractivity contribution in [3.63, 3.8) is 0 Å². The molecule has 0 unspecified atom stereocenters. The monoisotopic (exact) mass is 335 g/mol. The summed E-state index contributed by atoms with van der Waals surface area (Å²) in [6.45, 7) is 7.12. The maximum Gasteiger partial charge on any atom is 0.317 e. The summed E-state index contributed by atoms with van der Waals surface area (Å²) < 4.78 is 0. The molecule has 2 heterocycles. The lowest BCUT2D eigenvalue weighted by atomic mass is 9.77. The van der Waals surface area contributed by atoms with Gasteiger partial charge in [0.15, 0.2) is 0 Å². The van der Waals surface area contributed by atoms with Crippen molar-refractivity contribution in [1.82, 2.24) is 15.1 Å². The predicted molar refractivity (Wildman–Crippen MR) is 94.7 cm³/mol. The molecule has 1 N–H and O–H groups in total. The molecule has 1 aliphatic carbocycles. The van der Waals surface area contributed by atoms with Gasteiger partial charge >= 0.3 is 6.03 Å². The minimum Gasteiger partial charge on any atom is -0.342 e. The number of hydrogen-bond acceptors (Lipinski definition) is 2. The quantitative estimate of drug-likeness (QED) is 0.862. The summed E-state index contributed by atoms with van der Waals surface area (Å²) in [5.41, 5.74) is -0.304. The lowest BCUT2D eigenvalue weighted by Crippen LogP contribution is -2.52. The van der Waals surface area contributed by atoms with E-state index in [1.807, 2.05) is 18.7 Å². The minimum absolute atomic E-state index is 0.0147. The first-order valence-corrected chi connectivity index (χ1v) is 9.85. The van der Waals surface area contributed by atoms with Crippen molar-refractivity contribution in [1.29, 1.82) is 0 Å². The molecule has 3 rings (SSSR count). The molecule has 0 aromatic heterocycles. The maximum atomic E-state index is 13.2. The van der Waals surface area contributed by atoms with Crippen LogP contribution < -0.4 is 5.32 Å². The molecule has 2 aliphatic heterocycles. The lowest BCUT2D eigenvalue weighted by Gasteiger charge is -2.41. The molecule has 136 valence electrons. The largest absolute Gasteiger partial charge is 0.342 e. The first-order valence-electron chi connectivity index (χ1n) is 9.85. The van der Waals surface area contributed by atoms with Gasteiger partial charge in [0.05, 0.1) is 5.41 Å². The zero-order valence-corrected chi connectivity index (χ0v) is 15.4. The Balaban J connectivity index is 1.61. The van der Waals surface area contributed by atoms with E-state index in [2.05, 4.69) is 10.2 Å². The average Bonchev–Trinajstić information content (AvgIpc) is 2.98. The normalized spacial score (nSPS) is 28.9. The van der Waals surface area contributed by atoms with Crippen molar-refractivity contribution in [3.05, 3.63) is 0 Å². The van der Waals surface area contributed by atoms with E-state index in [9.17, 15) is 9.59 Å². The summed E-state index contributed by atoms with van der Waals surface area (Å²) in [7, 11) is 0. The van der Waals surface area contributed by atoms with Gasteiger partial charge in [-0.1, -0.05) is 19.3 Å². The van der Waals surface area contributed by atoms with Gasteiger partial charge in [0.2, 0.25) is 5.91 Å². The van der Waals surface area contributed by atoms with Crippen LogP contribution in [0, 0.1) is 11.3 Å². The number of piperidine rings is 1. The van der Waals surface area contributed by atoms with Gasteiger partial charge in [-0.2, -0.15) is 0 Å². The van der Waals surface area contributed by atoms with Crippen LogP contribution in [0.2, 0.25) is 0 Å². The number of likely N-dealkylation sites (tertiary alicyclic amines) is 2. The number of rotatable bonds is 3. The molecule has 0 aromatic carbocycles. The Kier molecular flexibility index (Phi) is 5.36. The van der Waals surface area contributed by atoms with E-state index in [1.54, 1.807) is 0 Å². The molecule has 5 heteroatoms. The number of urea groups is 1. The van der Waals surface area contributed by atoms with E-state index in [0.29, 0.717) is 24.9 Å². The molecule has 1 spiro atoms. The van der Waals surface area contributed by atoms with Crippen molar-refractivity contribution in [2.75, 3.05) is 26.2 Å². The minimum atomic E-state index is -0.304. The van der Waals surface area contributed by atoms with E-state index in [0.717, 1.165) is 32.4 Å². The molecule has 0 bridgehead atoms. The second kappa shape index (κ2) is 7.32. The molecule has 1 atom stereocenters. The standard InChI is InChI=1S/C19H33N3O2/c1-15(2)20-18(24)22-12-10-19(14-22)9-6-11-21(17(19)23)13-16-7-4-3-5-8-16/h15-16H,3-14H2,1-2H3,(H,20,24)/t19-/m1/s1. The van der Waals surface area contributed by atoms with Crippen LogP contribution in [-0.4, -0.2) is 54.0 Å². The van der Waals surface area contributed by atoms with Crippen LogP contribution in [0.1, 0.15) is 65.2 Å². The van der Waals surface area contributed by atoms with Crippen LogP contribution in [0.4, 0.5) is 4.79 Å². The van der Waals surface area contributed by atoms with Crippen molar-refractivity contribution >= 4 is 11.9 Å². The summed E-state index contributed by atoms with van der Waals surface area (Å²) in [5.74, 6) is 1.01. The molecule has 3 aliphatic rings. The molecule has 3 fully saturated rings. The fraction of sp³-hybridized carbons (Fsp3) is 0.895. The Morgan fingerprint density at radius 1 is 1.17 bits per heavy atom. The second-order valence-electron chi connectivity index (χ2n) is 8.41. The van der Waals surface area contributed by atoms with E-state index < -0.39 is 0 Å². The topological polar surface area (TPSA) is 52.7 Å². The van der Waals surface area contributed by atoms with Gasteiger partial charge < -0.3 is 15.1 Å². The summed E-state index contributed by atoms with van der Waals surface area (Å²) in [4.78, 5) is 29.4. The molecule has 1 saturated carbocycles. The number of nitrogens with one attached hydrogen (secondary N) is 1. The van der Waals surface area contributed by atoms with Crippen LogP contribution in [-0.2, 0) is 4.79 Å². The van der Waals surface area contributed by atoms with Crippen LogP contribution in [0.25, 0.3) is 0 Å². The predicted octanol–water partition coefficient (Wildman–Crippen LogP) is 3.00. The number of nitrogens with zero attached hydrogens (tertiary/aromatic N) is 2. The van der Waals surface area contributed by atoms with E-state index in [4.69, 9.17) is 0 Å². The van der Waals surface area contributed by atoms with Crippen molar-refractivity contribution in [2.45, 2.75) is 71.3 Å². The first kappa shape index (κ1) is 17.6. The molecular formula is C19H33N3O2. The summed E-state index contributed by atoms with van der Waals surface area (Å²) in [6, 6.07) is 0.123. The van der Waals surface area contributed by atoms with Gasteiger partial charge in [0.1, 0.15) is 0 Å². The van der Waals surface area contributed by atoms with Crippen molar-refractivity contribution in [2.24, 2.45) is 11.3 Å². The highest BCUT2D eigenvalue weighted by atomic mass is 16.2. The number of amides is 3. The van der Waals surface area contributed by atoms with Crippen LogP contribution in [0.5, 0.6) is 0 Å². The van der Waals surface area contributed by atoms with Crippen molar-refractivity contribution < 1.29 is 9.59 Å². The number of carbonyl (C=O) groups excluding carboxylic acids is 2. The Morgan fingerprint density at radius 2 is 1.92 bits per heavy atom. The van der Waals surface area contributed by atoms with Crippen LogP contribution in [0.3, 0.4) is 0 Å². The fourth-order valence-corrected chi connectivity index (χ4v) is 4.77. The highest BCUT2D eigenvalue weighted by Gasteiger charge is 2.49. The van der Waals surface area contributed by atoms with Gasteiger partial charge in [-0.15, -0.1) is 0 Å². The van der Waals surface area contributed by atoms with Crippen LogP contribution in [0.15, 0.2) is 0 Å². The SMILES string of the molecule is CC(C)NC(=O)N1CC[C@]2(CCCN(CC3CCCCC3)C2=O)C1. The molecular weight excluding hydrogens is 302 g/mol. The Hall–Kier alpha value is -1.26. The highest BCUT2D eigenvalue weighted by Crippen LogP contribution is 2.40. The van der Waals surface area contributed by atoms with Crippen molar-refractivity contribution in [3.8, 4) is 0 Å². The first-order chi connectivity index (χ1) is 11.5. The maximum absolute atomic E-state index is 13.2. The molecule has 5 nitrogen and oxygen atoms in total. The Bertz CT molecular complexity index is 473. The highest BCUT2D eigenvalue weighted by molar-refractivity contribution is 5.85. The summed E-state index contributed by atoms with van der Waals surface area (Å²) in [6.07, 6.45) is 9.41. The van der Waals surface area contributed by atoms with E-state index >= 15 is 0 Å². The Morgan fingerprint density at radius 3 is 2.62 bits per heavy atom. The van der Waals surface area contributed by atoms with E-state index in [1.165, 1.54) is 32.1 Å². The summed E-state index contributed by atoms with van der Waals surface area (Å²) in [5, 5.41) is 2.96. The molecule has 2 saturated heterocycles. The third-order valence-electron chi connectivity index (χ3n) is 6.08. The number of carbonyl (C=O) groups is 2. The number of hydrogen-bond donors (Lipinski definition) is 1. The smallest absolute Gasteiger partial charge is 0.317 e. The van der Waals surface area contributed by atoms with Crippen LogP contribution >= 0.6 is 0 Å². The fourth-order valence-electron chi connectivity index (χ4n) is 4.77. The molecule has 0 aromatic rings. The molecule has 24 heavy (non-hydrogen) atoms. The van der Waals surface area contributed by atoms with Gasteiger partial charge in [0, 0.05) is 32.2 Å². The van der Waals surface area contributed by atoms with Gasteiger partial charge in [-0.25, -0.2) is 4.79 Å². The third kappa shape index (κ3) is 3.70. The van der Waals surface area contributed by atoms with Gasteiger partial charge in [0.25, 0.3) is 0 Å². The third-order valence-corrected chi connectivity index (χ3v) is 6.08. The van der Waals surface area contributed by atoms with Gasteiger partial charge in [-0.3, -0.25) is 4.79 Å².